The average molecular weight is 176 g/mol. The van der Waals surface area contributed by atoms with Gasteiger partial charge in [-0.15, -0.1) is 0 Å². The maximum absolute atomic E-state index is 5.75. The number of hydrogen-bond donors (Lipinski definition) is 1. The Bertz CT molecular complexity index is 303. The quantitative estimate of drug-likeness (QED) is 0.760. The third-order valence-corrected chi connectivity index (χ3v) is 2.96. The van der Waals surface area contributed by atoms with Crippen molar-refractivity contribution in [2.75, 3.05) is 6.54 Å². The van der Waals surface area contributed by atoms with E-state index in [0.717, 1.165) is 13.0 Å². The summed E-state index contributed by atoms with van der Waals surface area (Å²) in [4.78, 5) is 4.62. The number of pyridine rings is 1. The fourth-order valence-corrected chi connectivity index (χ4v) is 1.69. The minimum Gasteiger partial charge on any atom is -0.330 e. The molecule has 0 saturated heterocycles. The molecule has 0 bridgehead atoms. The molecule has 13 heavy (non-hydrogen) atoms. The van der Waals surface area contributed by atoms with E-state index in [1.54, 1.807) is 0 Å². The van der Waals surface area contributed by atoms with Gasteiger partial charge in [0.15, 0.2) is 0 Å². The molecule has 1 heterocycles. The lowest BCUT2D eigenvalue weighted by molar-refractivity contribution is 0.673. The summed E-state index contributed by atoms with van der Waals surface area (Å²) in [6.45, 7) is 2.88. The SMILES string of the molecule is CCc1cccc(C2(CN)CC2)n1. The van der Waals surface area contributed by atoms with E-state index in [4.69, 9.17) is 5.73 Å². The van der Waals surface area contributed by atoms with E-state index in [1.807, 2.05) is 0 Å². The number of nitrogens with zero attached hydrogens (tertiary/aromatic N) is 1. The molecule has 1 saturated carbocycles. The zero-order chi connectivity index (χ0) is 9.31. The molecule has 1 aliphatic rings. The van der Waals surface area contributed by atoms with Crippen molar-refractivity contribution >= 4 is 0 Å². The number of hydrogen-bond acceptors (Lipinski definition) is 2. The van der Waals surface area contributed by atoms with Crippen molar-refractivity contribution in [3.05, 3.63) is 29.6 Å². The van der Waals surface area contributed by atoms with Crippen LogP contribution in [-0.4, -0.2) is 11.5 Å². The van der Waals surface area contributed by atoms with Gasteiger partial charge >= 0.3 is 0 Å². The Kier molecular flexibility index (Phi) is 2.08. The van der Waals surface area contributed by atoms with Crippen LogP contribution in [0.2, 0.25) is 0 Å². The fraction of sp³-hybridized carbons (Fsp3) is 0.545. The largest absolute Gasteiger partial charge is 0.330 e. The number of rotatable bonds is 3. The van der Waals surface area contributed by atoms with Gasteiger partial charge in [-0.1, -0.05) is 13.0 Å². The van der Waals surface area contributed by atoms with Crippen LogP contribution in [0.25, 0.3) is 0 Å². The standard InChI is InChI=1S/C11H16N2/c1-2-9-4-3-5-10(13-9)11(8-12)6-7-11/h3-5H,2,6-8,12H2,1H3. The fourth-order valence-electron chi connectivity index (χ4n) is 1.69. The molecule has 0 spiro atoms. The van der Waals surface area contributed by atoms with Gasteiger partial charge in [0.05, 0.1) is 0 Å². The molecule has 0 atom stereocenters. The van der Waals surface area contributed by atoms with E-state index in [9.17, 15) is 0 Å². The molecule has 0 unspecified atom stereocenters. The van der Waals surface area contributed by atoms with E-state index >= 15 is 0 Å². The van der Waals surface area contributed by atoms with Gasteiger partial charge in [-0.2, -0.15) is 0 Å². The van der Waals surface area contributed by atoms with Crippen LogP contribution in [0.15, 0.2) is 18.2 Å². The predicted molar refractivity (Wildman–Crippen MR) is 53.6 cm³/mol. The van der Waals surface area contributed by atoms with Crippen LogP contribution in [0, 0.1) is 0 Å². The van der Waals surface area contributed by atoms with E-state index in [0.29, 0.717) is 0 Å². The van der Waals surface area contributed by atoms with Crippen molar-refractivity contribution < 1.29 is 0 Å². The Morgan fingerprint density at radius 3 is 2.77 bits per heavy atom. The average Bonchev–Trinajstić information content (AvgIpc) is 2.99. The summed E-state index contributed by atoms with van der Waals surface area (Å²) in [5, 5.41) is 0. The molecule has 2 N–H and O–H groups in total. The molecule has 0 aliphatic heterocycles. The van der Waals surface area contributed by atoms with Crippen LogP contribution >= 0.6 is 0 Å². The minimum atomic E-state index is 0.241. The van der Waals surface area contributed by atoms with E-state index < -0.39 is 0 Å². The second-order valence-corrected chi connectivity index (χ2v) is 3.85. The number of aromatic nitrogens is 1. The lowest BCUT2D eigenvalue weighted by Gasteiger charge is -2.12. The first kappa shape index (κ1) is 8.70. The smallest absolute Gasteiger partial charge is 0.0481 e. The summed E-state index contributed by atoms with van der Waals surface area (Å²) in [6.07, 6.45) is 3.43. The normalized spacial score (nSPS) is 18.6. The van der Waals surface area contributed by atoms with Crippen LogP contribution in [0.1, 0.15) is 31.2 Å². The van der Waals surface area contributed by atoms with Crippen LogP contribution in [0.3, 0.4) is 0 Å². The van der Waals surface area contributed by atoms with Crippen LogP contribution < -0.4 is 5.73 Å². The summed E-state index contributed by atoms with van der Waals surface area (Å²) in [6, 6.07) is 6.28. The topological polar surface area (TPSA) is 38.9 Å². The van der Waals surface area contributed by atoms with Crippen molar-refractivity contribution in [2.45, 2.75) is 31.6 Å². The first-order chi connectivity index (χ1) is 6.30. The number of nitrogens with two attached hydrogens (primary N) is 1. The number of aryl methyl sites for hydroxylation is 1. The van der Waals surface area contributed by atoms with Gasteiger partial charge in [0.25, 0.3) is 0 Å². The van der Waals surface area contributed by atoms with Gasteiger partial charge in [-0.25, -0.2) is 0 Å². The summed E-state index contributed by atoms with van der Waals surface area (Å²) in [5.74, 6) is 0. The second-order valence-electron chi connectivity index (χ2n) is 3.85. The molecular formula is C11H16N2. The molecule has 2 nitrogen and oxygen atoms in total. The highest BCUT2D eigenvalue weighted by atomic mass is 14.8. The highest BCUT2D eigenvalue weighted by Gasteiger charge is 2.44. The van der Waals surface area contributed by atoms with Gasteiger partial charge in [-0.3, -0.25) is 4.98 Å². The molecule has 1 fully saturated rings. The zero-order valence-electron chi connectivity index (χ0n) is 8.09. The lowest BCUT2D eigenvalue weighted by Crippen LogP contribution is -2.21. The molecule has 0 radical (unpaired) electrons. The van der Waals surface area contributed by atoms with Gasteiger partial charge in [0.2, 0.25) is 0 Å². The molecule has 70 valence electrons. The third-order valence-electron chi connectivity index (χ3n) is 2.96. The van der Waals surface area contributed by atoms with Crippen molar-refractivity contribution in [1.29, 1.82) is 0 Å². The van der Waals surface area contributed by atoms with Crippen LogP contribution in [0.4, 0.5) is 0 Å². The minimum absolute atomic E-state index is 0.241. The third kappa shape index (κ3) is 1.46. The first-order valence-electron chi connectivity index (χ1n) is 4.97. The maximum Gasteiger partial charge on any atom is 0.0481 e. The van der Waals surface area contributed by atoms with Crippen molar-refractivity contribution in [3.63, 3.8) is 0 Å². The maximum atomic E-state index is 5.75. The van der Waals surface area contributed by atoms with Gasteiger partial charge in [0, 0.05) is 23.3 Å². The molecule has 1 aliphatic carbocycles. The Morgan fingerprint density at radius 2 is 2.23 bits per heavy atom. The van der Waals surface area contributed by atoms with E-state index in [2.05, 4.69) is 30.1 Å². The lowest BCUT2D eigenvalue weighted by atomic mass is 10.0. The second kappa shape index (κ2) is 3.11. The van der Waals surface area contributed by atoms with Gasteiger partial charge in [-0.05, 0) is 31.4 Å². The van der Waals surface area contributed by atoms with Crippen molar-refractivity contribution in [1.82, 2.24) is 4.98 Å². The van der Waals surface area contributed by atoms with E-state index in [-0.39, 0.29) is 5.41 Å². The zero-order valence-corrected chi connectivity index (χ0v) is 8.09. The Labute approximate surface area is 79.2 Å². The Morgan fingerprint density at radius 1 is 1.46 bits per heavy atom. The molecule has 2 heteroatoms. The summed E-state index contributed by atoms with van der Waals surface area (Å²) in [7, 11) is 0. The Hall–Kier alpha value is -0.890. The highest BCUT2D eigenvalue weighted by molar-refractivity contribution is 5.26. The Balaban J connectivity index is 2.30. The van der Waals surface area contributed by atoms with Gasteiger partial charge < -0.3 is 5.73 Å². The van der Waals surface area contributed by atoms with Crippen molar-refractivity contribution in [2.24, 2.45) is 5.73 Å². The molecule has 0 aromatic carbocycles. The van der Waals surface area contributed by atoms with Crippen LogP contribution in [-0.2, 0) is 11.8 Å². The summed E-state index contributed by atoms with van der Waals surface area (Å²) < 4.78 is 0. The predicted octanol–water partition coefficient (Wildman–Crippen LogP) is 1.63. The summed E-state index contributed by atoms with van der Waals surface area (Å²) >= 11 is 0. The highest BCUT2D eigenvalue weighted by Crippen LogP contribution is 2.46. The van der Waals surface area contributed by atoms with Crippen molar-refractivity contribution in [3.8, 4) is 0 Å². The summed E-state index contributed by atoms with van der Waals surface area (Å²) in [5.41, 5.74) is 8.37. The molecule has 1 aromatic heterocycles. The van der Waals surface area contributed by atoms with Crippen LogP contribution in [0.5, 0.6) is 0 Å². The molecule has 2 rings (SSSR count). The van der Waals surface area contributed by atoms with E-state index in [1.165, 1.54) is 24.2 Å². The first-order valence-corrected chi connectivity index (χ1v) is 4.97. The molecule has 0 amide bonds. The molecular weight excluding hydrogens is 160 g/mol. The molecule has 1 aromatic rings. The monoisotopic (exact) mass is 176 g/mol. The van der Waals surface area contributed by atoms with Gasteiger partial charge in [0.1, 0.15) is 0 Å².